The molecule has 0 amide bonds. The zero-order valence-electron chi connectivity index (χ0n) is 10.8. The van der Waals surface area contributed by atoms with Crippen molar-refractivity contribution in [2.75, 3.05) is 7.11 Å². The summed E-state index contributed by atoms with van der Waals surface area (Å²) in [6.07, 6.45) is -3.43. The highest BCUT2D eigenvalue weighted by Crippen LogP contribution is 2.33. The molecule has 0 fully saturated rings. The van der Waals surface area contributed by atoms with Crippen LogP contribution >= 0.6 is 0 Å². The lowest BCUT2D eigenvalue weighted by molar-refractivity contribution is -0.141. The molecule has 7 heteroatoms. The van der Waals surface area contributed by atoms with Crippen molar-refractivity contribution in [2.24, 2.45) is 0 Å². The lowest BCUT2D eigenvalue weighted by Crippen LogP contribution is -2.07. The molecule has 0 aliphatic rings. The van der Waals surface area contributed by atoms with E-state index in [1.807, 2.05) is 0 Å². The molecule has 2 aromatic rings. The Balaban J connectivity index is 2.44. The summed E-state index contributed by atoms with van der Waals surface area (Å²) >= 11 is 0. The van der Waals surface area contributed by atoms with E-state index in [9.17, 15) is 18.0 Å². The van der Waals surface area contributed by atoms with Crippen LogP contribution < -0.4 is 4.74 Å². The zero-order valence-corrected chi connectivity index (χ0v) is 10.8. The number of pyridine rings is 1. The van der Waals surface area contributed by atoms with Gasteiger partial charge in [0.25, 0.3) is 0 Å². The van der Waals surface area contributed by atoms with Gasteiger partial charge in [-0.05, 0) is 24.3 Å². The third-order valence-electron chi connectivity index (χ3n) is 2.81. The fourth-order valence-electron chi connectivity index (χ4n) is 1.78. The number of hydrogen-bond acceptors (Lipinski definition) is 3. The van der Waals surface area contributed by atoms with Crippen molar-refractivity contribution in [2.45, 2.75) is 6.18 Å². The molecule has 4 nitrogen and oxygen atoms in total. The lowest BCUT2D eigenvalue weighted by atomic mass is 10.0. The minimum atomic E-state index is -4.50. The number of aromatic carboxylic acids is 1. The van der Waals surface area contributed by atoms with E-state index in [-0.39, 0.29) is 11.3 Å². The molecule has 0 aliphatic heterocycles. The summed E-state index contributed by atoms with van der Waals surface area (Å²) in [4.78, 5) is 14.2. The lowest BCUT2D eigenvalue weighted by Gasteiger charge is -2.10. The maximum Gasteiger partial charge on any atom is 0.433 e. The molecule has 1 N–H and O–H groups in total. The van der Waals surface area contributed by atoms with E-state index < -0.39 is 17.8 Å². The molecule has 0 saturated carbocycles. The molecule has 0 radical (unpaired) electrons. The van der Waals surface area contributed by atoms with Gasteiger partial charge in [-0.3, -0.25) is 4.98 Å². The molecule has 1 aromatic carbocycles. The molecule has 0 aliphatic carbocycles. The van der Waals surface area contributed by atoms with Gasteiger partial charge in [0.15, 0.2) is 0 Å². The van der Waals surface area contributed by atoms with E-state index >= 15 is 0 Å². The van der Waals surface area contributed by atoms with E-state index in [0.29, 0.717) is 11.1 Å². The summed E-state index contributed by atoms with van der Waals surface area (Å²) in [5, 5.41) is 8.90. The van der Waals surface area contributed by atoms with Gasteiger partial charge >= 0.3 is 12.1 Å². The van der Waals surface area contributed by atoms with E-state index in [1.54, 1.807) is 0 Å². The van der Waals surface area contributed by atoms with Crippen molar-refractivity contribution >= 4 is 5.97 Å². The molecule has 0 bridgehead atoms. The summed E-state index contributed by atoms with van der Waals surface area (Å²) in [5.41, 5.74) is -0.108. The van der Waals surface area contributed by atoms with Crippen LogP contribution in [-0.4, -0.2) is 23.2 Å². The molecule has 0 unspecified atom stereocenters. The third kappa shape index (κ3) is 3.13. The van der Waals surface area contributed by atoms with Crippen LogP contribution in [-0.2, 0) is 6.18 Å². The summed E-state index contributed by atoms with van der Waals surface area (Å²) in [6, 6.07) is 6.23. The van der Waals surface area contributed by atoms with Crippen molar-refractivity contribution in [3.05, 3.63) is 47.8 Å². The molecule has 110 valence electrons. The molecule has 21 heavy (non-hydrogen) atoms. The number of methoxy groups -OCH3 is 1. The molecular formula is C14H10F3NO3. The Morgan fingerprint density at radius 1 is 1.24 bits per heavy atom. The largest absolute Gasteiger partial charge is 0.496 e. The predicted molar refractivity (Wildman–Crippen MR) is 68.2 cm³/mol. The number of ether oxygens (including phenoxy) is 1. The monoisotopic (exact) mass is 297 g/mol. The predicted octanol–water partition coefficient (Wildman–Crippen LogP) is 3.47. The van der Waals surface area contributed by atoms with Crippen molar-refractivity contribution in [3.63, 3.8) is 0 Å². The van der Waals surface area contributed by atoms with E-state index in [4.69, 9.17) is 9.84 Å². The van der Waals surface area contributed by atoms with Crippen molar-refractivity contribution in [1.29, 1.82) is 0 Å². The smallest absolute Gasteiger partial charge is 0.433 e. The fourth-order valence-corrected chi connectivity index (χ4v) is 1.78. The number of carboxylic acids is 1. The first-order chi connectivity index (χ1) is 9.82. The van der Waals surface area contributed by atoms with Gasteiger partial charge in [-0.15, -0.1) is 0 Å². The molecule has 0 saturated heterocycles. The van der Waals surface area contributed by atoms with E-state index in [0.717, 1.165) is 12.3 Å². The van der Waals surface area contributed by atoms with Crippen LogP contribution in [0.5, 0.6) is 5.75 Å². The fraction of sp³-hybridized carbons (Fsp3) is 0.143. The number of carbonyl (C=O) groups is 1. The highest BCUT2D eigenvalue weighted by Gasteiger charge is 2.32. The van der Waals surface area contributed by atoms with Gasteiger partial charge in [0.05, 0.1) is 12.7 Å². The highest BCUT2D eigenvalue weighted by molar-refractivity contribution is 5.89. The average Bonchev–Trinajstić information content (AvgIpc) is 2.45. The Kier molecular flexibility index (Phi) is 3.84. The van der Waals surface area contributed by atoms with Crippen molar-refractivity contribution in [1.82, 2.24) is 4.98 Å². The zero-order chi connectivity index (χ0) is 15.6. The first-order valence-electron chi connectivity index (χ1n) is 5.78. The van der Waals surface area contributed by atoms with Gasteiger partial charge in [-0.2, -0.15) is 13.2 Å². The van der Waals surface area contributed by atoms with Crippen LogP contribution in [0.2, 0.25) is 0 Å². The molecule has 1 heterocycles. The number of nitrogens with zero attached hydrogens (tertiary/aromatic N) is 1. The SMILES string of the molecule is COc1cc(C(=O)O)ccc1-c1ccc(C(F)(F)F)nc1. The minimum absolute atomic E-state index is 0.0236. The Morgan fingerprint density at radius 3 is 2.43 bits per heavy atom. The van der Waals surface area contributed by atoms with Gasteiger partial charge in [0, 0.05) is 17.3 Å². The second kappa shape index (κ2) is 5.43. The van der Waals surface area contributed by atoms with Crippen LogP contribution in [0.4, 0.5) is 13.2 Å². The number of rotatable bonds is 3. The first kappa shape index (κ1) is 14.8. The molecule has 0 spiro atoms. The van der Waals surface area contributed by atoms with Crippen LogP contribution in [0.3, 0.4) is 0 Å². The van der Waals surface area contributed by atoms with Crippen LogP contribution in [0.1, 0.15) is 16.1 Å². The van der Waals surface area contributed by atoms with Crippen molar-refractivity contribution in [3.8, 4) is 16.9 Å². The third-order valence-corrected chi connectivity index (χ3v) is 2.81. The Hall–Kier alpha value is -2.57. The number of hydrogen-bond donors (Lipinski definition) is 1. The Morgan fingerprint density at radius 2 is 1.95 bits per heavy atom. The number of alkyl halides is 3. The Bertz CT molecular complexity index is 666. The molecular weight excluding hydrogens is 287 g/mol. The second-order valence-electron chi connectivity index (χ2n) is 4.15. The number of halogens is 3. The first-order valence-corrected chi connectivity index (χ1v) is 5.78. The van der Waals surface area contributed by atoms with Crippen molar-refractivity contribution < 1.29 is 27.8 Å². The minimum Gasteiger partial charge on any atom is -0.496 e. The molecule has 1 aromatic heterocycles. The van der Waals surface area contributed by atoms with Gasteiger partial charge < -0.3 is 9.84 Å². The van der Waals surface area contributed by atoms with E-state index in [1.165, 1.54) is 31.4 Å². The molecule has 0 atom stereocenters. The summed E-state index contributed by atoms with van der Waals surface area (Å²) in [6.45, 7) is 0. The van der Waals surface area contributed by atoms with Gasteiger partial charge in [-0.25, -0.2) is 4.79 Å². The second-order valence-corrected chi connectivity index (χ2v) is 4.15. The summed E-state index contributed by atoms with van der Waals surface area (Å²) in [5.74, 6) is -0.873. The van der Waals surface area contributed by atoms with Crippen LogP contribution in [0.25, 0.3) is 11.1 Å². The van der Waals surface area contributed by atoms with Gasteiger partial charge in [0.1, 0.15) is 11.4 Å². The number of aromatic nitrogens is 1. The highest BCUT2D eigenvalue weighted by atomic mass is 19.4. The number of carboxylic acid groups (broad SMARTS) is 1. The van der Waals surface area contributed by atoms with Crippen LogP contribution in [0, 0.1) is 0 Å². The van der Waals surface area contributed by atoms with E-state index in [2.05, 4.69) is 4.98 Å². The average molecular weight is 297 g/mol. The summed E-state index contributed by atoms with van der Waals surface area (Å²) in [7, 11) is 1.35. The normalized spacial score (nSPS) is 11.2. The molecule has 2 rings (SSSR count). The Labute approximate surface area is 117 Å². The summed E-state index contributed by atoms with van der Waals surface area (Å²) < 4.78 is 42.4. The van der Waals surface area contributed by atoms with Gasteiger partial charge in [0.2, 0.25) is 0 Å². The maximum absolute atomic E-state index is 12.5. The maximum atomic E-state index is 12.5. The standard InChI is InChI=1S/C14H10F3NO3/c1-21-11-6-8(13(19)20)2-4-10(11)9-3-5-12(18-7-9)14(15,16)17/h2-7H,1H3,(H,19,20). The van der Waals surface area contributed by atoms with Gasteiger partial charge in [-0.1, -0.05) is 6.07 Å². The van der Waals surface area contributed by atoms with Crippen LogP contribution in [0.15, 0.2) is 36.5 Å². The topological polar surface area (TPSA) is 59.4 Å². The number of benzene rings is 1. The quantitative estimate of drug-likeness (QED) is 0.942.